The summed E-state index contributed by atoms with van der Waals surface area (Å²) in [7, 11) is 15.1. The van der Waals surface area contributed by atoms with Gasteiger partial charge in [0.1, 0.15) is 0 Å². The third-order valence-electron chi connectivity index (χ3n) is 0.556. The molecule has 1 radical (unpaired) electrons. The standard InChI is InChI=1S/C5H5.C3H9Si.3ClH.Zr/c1-2-4-5-3-1;1-4(2)3;;;;/h1-5H;1-3H3;3*1H;/q-1;;;;;+3/p-3. The van der Waals surface area contributed by atoms with Gasteiger partial charge in [-0.15, -0.1) is 0 Å². The van der Waals surface area contributed by atoms with E-state index in [4.69, 9.17) is 25.5 Å². The van der Waals surface area contributed by atoms with E-state index in [9.17, 15) is 0 Å². The van der Waals surface area contributed by atoms with Crippen LogP contribution in [0.4, 0.5) is 0 Å². The van der Waals surface area contributed by atoms with E-state index in [0.717, 1.165) is 0 Å². The van der Waals surface area contributed by atoms with Crippen molar-refractivity contribution < 1.29 is 18.2 Å². The average Bonchev–Trinajstić information content (AvgIpc) is 2.35. The van der Waals surface area contributed by atoms with E-state index >= 15 is 0 Å². The maximum Gasteiger partial charge on any atom is -0.172 e. The summed E-state index contributed by atoms with van der Waals surface area (Å²) in [6.45, 7) is 6.81. The SMILES string of the molecule is C[Si](C)C.[Cl][Zr]([Cl])[Cl].c1cc[cH-]c1. The zero-order valence-electron chi connectivity index (χ0n) is 8.02. The van der Waals surface area contributed by atoms with Crippen LogP contribution in [-0.2, 0) is 18.2 Å². The Morgan fingerprint density at radius 3 is 1.31 bits per heavy atom. The maximum absolute atomic E-state index is 5.00. The van der Waals surface area contributed by atoms with Gasteiger partial charge in [0, 0.05) is 8.80 Å². The van der Waals surface area contributed by atoms with Crippen LogP contribution in [-0.4, -0.2) is 8.80 Å². The van der Waals surface area contributed by atoms with Crippen LogP contribution in [0.25, 0.3) is 0 Å². The van der Waals surface area contributed by atoms with Crippen LogP contribution < -0.4 is 0 Å². The Labute approximate surface area is 101 Å². The van der Waals surface area contributed by atoms with Crippen molar-refractivity contribution >= 4 is 34.3 Å². The zero-order chi connectivity index (χ0) is 10.7. The minimum atomic E-state index is -2.13. The molecule has 0 amide bonds. The quantitative estimate of drug-likeness (QED) is 0.470. The number of halogens is 3. The van der Waals surface area contributed by atoms with Crippen molar-refractivity contribution in [2.75, 3.05) is 0 Å². The van der Waals surface area contributed by atoms with Gasteiger partial charge in [-0.3, -0.25) is 0 Å². The van der Waals surface area contributed by atoms with Crippen molar-refractivity contribution in [2.24, 2.45) is 0 Å². The molecule has 0 unspecified atom stereocenters. The molecule has 0 aromatic heterocycles. The van der Waals surface area contributed by atoms with Crippen molar-refractivity contribution in [1.29, 1.82) is 0 Å². The molecule has 0 atom stereocenters. The number of hydrogen-bond acceptors (Lipinski definition) is 0. The van der Waals surface area contributed by atoms with Crippen LogP contribution in [0.3, 0.4) is 0 Å². The van der Waals surface area contributed by atoms with E-state index in [1.165, 1.54) is 0 Å². The van der Waals surface area contributed by atoms with Crippen LogP contribution in [0.15, 0.2) is 30.3 Å². The van der Waals surface area contributed by atoms with E-state index in [2.05, 4.69) is 19.6 Å². The van der Waals surface area contributed by atoms with E-state index in [-0.39, 0.29) is 8.80 Å². The van der Waals surface area contributed by atoms with Gasteiger partial charge >= 0.3 is 43.7 Å². The van der Waals surface area contributed by atoms with E-state index in [1.54, 1.807) is 0 Å². The molecule has 0 nitrogen and oxygen atoms in total. The van der Waals surface area contributed by atoms with Crippen molar-refractivity contribution in [2.45, 2.75) is 19.6 Å². The molecule has 0 aliphatic rings. The summed E-state index contributed by atoms with van der Waals surface area (Å²) in [4.78, 5) is 0. The predicted octanol–water partition coefficient (Wildman–Crippen LogP) is 4.84. The summed E-state index contributed by atoms with van der Waals surface area (Å²) < 4.78 is 0. The Morgan fingerprint density at radius 2 is 1.23 bits per heavy atom. The molecule has 0 fully saturated rings. The van der Waals surface area contributed by atoms with E-state index in [1.807, 2.05) is 30.3 Å². The van der Waals surface area contributed by atoms with Crippen molar-refractivity contribution in [3.63, 3.8) is 0 Å². The Bertz CT molecular complexity index is 126. The Hall–Kier alpha value is 1.32. The molecule has 0 aliphatic heterocycles. The molecule has 0 saturated carbocycles. The topological polar surface area (TPSA) is 0 Å². The van der Waals surface area contributed by atoms with Crippen LogP contribution in [0, 0.1) is 0 Å². The van der Waals surface area contributed by atoms with E-state index in [0.29, 0.717) is 0 Å². The van der Waals surface area contributed by atoms with Crippen molar-refractivity contribution in [3.05, 3.63) is 30.3 Å². The van der Waals surface area contributed by atoms with Crippen LogP contribution in [0.2, 0.25) is 19.6 Å². The fourth-order valence-corrected chi connectivity index (χ4v) is 0.321. The molecule has 1 rings (SSSR count). The van der Waals surface area contributed by atoms with Gasteiger partial charge in [-0.25, -0.2) is 12.1 Å². The molecular weight excluding hydrogens is 322 g/mol. The summed E-state index contributed by atoms with van der Waals surface area (Å²) in [5.74, 6) is 0. The summed E-state index contributed by atoms with van der Waals surface area (Å²) in [5.41, 5.74) is 0. The molecule has 13 heavy (non-hydrogen) atoms. The molecule has 76 valence electrons. The first-order chi connectivity index (χ1) is 5.96. The molecule has 5 heteroatoms. The zero-order valence-corrected chi connectivity index (χ0v) is 13.7. The molecule has 0 bridgehead atoms. The third kappa shape index (κ3) is 42.7. The minimum absolute atomic E-state index is 0.120. The molecule has 0 N–H and O–H groups in total. The van der Waals surface area contributed by atoms with Gasteiger partial charge in [0.15, 0.2) is 0 Å². The van der Waals surface area contributed by atoms with Crippen LogP contribution in [0.1, 0.15) is 0 Å². The van der Waals surface area contributed by atoms with Gasteiger partial charge in [0.25, 0.3) is 0 Å². The normalized spacial score (nSPS) is 7.92. The Balaban J connectivity index is 0. The van der Waals surface area contributed by atoms with Gasteiger partial charge in [-0.05, 0) is 0 Å². The predicted molar refractivity (Wildman–Crippen MR) is 62.9 cm³/mol. The maximum atomic E-state index is 5.00. The molecule has 0 heterocycles. The first kappa shape index (κ1) is 16.7. The van der Waals surface area contributed by atoms with Crippen molar-refractivity contribution in [1.82, 2.24) is 0 Å². The molecule has 1 aromatic carbocycles. The first-order valence-corrected chi connectivity index (χ1v) is 16.2. The second kappa shape index (κ2) is 13.3. The summed E-state index contributed by atoms with van der Waals surface area (Å²) in [5, 5.41) is 0. The Kier molecular flexibility index (Phi) is 17.2. The van der Waals surface area contributed by atoms with Crippen LogP contribution in [0.5, 0.6) is 0 Å². The number of rotatable bonds is 0. The average molecular weight is 336 g/mol. The minimum Gasteiger partial charge on any atom is -0.214 e. The summed E-state index contributed by atoms with van der Waals surface area (Å²) >= 11 is -2.13. The fourth-order valence-electron chi connectivity index (χ4n) is 0.321. The van der Waals surface area contributed by atoms with Gasteiger partial charge < -0.3 is 0 Å². The Morgan fingerprint density at radius 1 is 1.00 bits per heavy atom. The molecule has 0 saturated heterocycles. The third-order valence-corrected chi connectivity index (χ3v) is 0.556. The van der Waals surface area contributed by atoms with Gasteiger partial charge in [0.05, 0.1) is 0 Å². The van der Waals surface area contributed by atoms with Gasteiger partial charge in [-0.1, -0.05) is 19.6 Å². The monoisotopic (exact) mass is 333 g/mol. The number of hydrogen-bond donors (Lipinski definition) is 0. The second-order valence-corrected chi connectivity index (χ2v) is 16.9. The molecule has 0 aliphatic carbocycles. The first-order valence-electron chi connectivity index (χ1n) is 3.73. The van der Waals surface area contributed by atoms with Crippen LogP contribution >= 0.6 is 25.5 Å². The van der Waals surface area contributed by atoms with E-state index < -0.39 is 18.2 Å². The summed E-state index contributed by atoms with van der Waals surface area (Å²) in [6, 6.07) is 10.0. The van der Waals surface area contributed by atoms with Crippen molar-refractivity contribution in [3.8, 4) is 0 Å². The van der Waals surface area contributed by atoms with Gasteiger partial charge in [-0.2, -0.15) is 18.2 Å². The largest absolute Gasteiger partial charge is 0.214 e. The smallest absolute Gasteiger partial charge is 0.172 e. The fraction of sp³-hybridized carbons (Fsp3) is 0.375. The van der Waals surface area contributed by atoms with Gasteiger partial charge in [0.2, 0.25) is 0 Å². The molecular formula is C8H14Cl3SiZr-. The molecule has 0 spiro atoms. The second-order valence-electron chi connectivity index (χ2n) is 2.68. The molecule has 1 aromatic rings. The summed E-state index contributed by atoms with van der Waals surface area (Å²) in [6.07, 6.45) is 0.